The standard InChI is InChI=1S/C24H23N3O3S/c1-18-8-12-21(13-9-18)24(20-6-4-3-5-7-20)26-23(28)17-27(2)31(29,30)22-14-10-19(16-25)11-15-22/h3-15,24H,17H2,1-2H3,(H,26,28)/t24-/m0/s1. The van der Waals surface area contributed by atoms with Gasteiger partial charge in [-0.2, -0.15) is 9.57 Å². The van der Waals surface area contributed by atoms with Crippen molar-refractivity contribution in [1.29, 1.82) is 5.26 Å². The lowest BCUT2D eigenvalue weighted by atomic mass is 9.98. The fraction of sp³-hybridized carbons (Fsp3) is 0.167. The number of carbonyl (C=O) groups excluding carboxylic acids is 1. The molecule has 1 atom stereocenters. The monoisotopic (exact) mass is 433 g/mol. The van der Waals surface area contributed by atoms with Gasteiger partial charge in [0, 0.05) is 7.05 Å². The SMILES string of the molecule is Cc1ccc([C@@H](NC(=O)CN(C)S(=O)(=O)c2ccc(C#N)cc2)c2ccccc2)cc1. The Morgan fingerprint density at radius 3 is 2.13 bits per heavy atom. The van der Waals surface area contributed by atoms with E-state index in [-0.39, 0.29) is 11.4 Å². The lowest BCUT2D eigenvalue weighted by Gasteiger charge is -2.22. The van der Waals surface area contributed by atoms with E-state index >= 15 is 0 Å². The molecule has 1 N–H and O–H groups in total. The van der Waals surface area contributed by atoms with E-state index in [0.717, 1.165) is 21.0 Å². The quantitative estimate of drug-likeness (QED) is 0.618. The lowest BCUT2D eigenvalue weighted by Crippen LogP contribution is -2.40. The first-order valence-electron chi connectivity index (χ1n) is 9.68. The van der Waals surface area contributed by atoms with Gasteiger partial charge in [0.15, 0.2) is 0 Å². The molecule has 3 aromatic carbocycles. The van der Waals surface area contributed by atoms with Crippen molar-refractivity contribution < 1.29 is 13.2 Å². The summed E-state index contributed by atoms with van der Waals surface area (Å²) in [6, 6.07) is 24.5. The number of hydrogen-bond acceptors (Lipinski definition) is 4. The molecule has 3 aromatic rings. The first kappa shape index (κ1) is 22.2. The Morgan fingerprint density at radius 1 is 0.968 bits per heavy atom. The van der Waals surface area contributed by atoms with Crippen LogP contribution in [0.4, 0.5) is 0 Å². The summed E-state index contributed by atoms with van der Waals surface area (Å²) < 4.78 is 26.6. The van der Waals surface area contributed by atoms with E-state index in [1.54, 1.807) is 0 Å². The Morgan fingerprint density at radius 2 is 1.55 bits per heavy atom. The number of nitriles is 1. The van der Waals surface area contributed by atoms with Gasteiger partial charge in [-0.05, 0) is 42.3 Å². The molecule has 0 bridgehead atoms. The number of nitrogens with one attached hydrogen (secondary N) is 1. The van der Waals surface area contributed by atoms with Crippen molar-refractivity contribution in [1.82, 2.24) is 9.62 Å². The van der Waals surface area contributed by atoms with E-state index in [1.807, 2.05) is 67.6 Å². The number of nitrogens with zero attached hydrogens (tertiary/aromatic N) is 2. The topological polar surface area (TPSA) is 90.3 Å². The zero-order valence-corrected chi connectivity index (χ0v) is 18.1. The second-order valence-electron chi connectivity index (χ2n) is 7.22. The second-order valence-corrected chi connectivity index (χ2v) is 9.26. The van der Waals surface area contributed by atoms with Crippen molar-refractivity contribution in [3.8, 4) is 6.07 Å². The van der Waals surface area contributed by atoms with E-state index in [0.29, 0.717) is 5.56 Å². The normalized spacial score (nSPS) is 12.2. The van der Waals surface area contributed by atoms with Gasteiger partial charge in [-0.3, -0.25) is 4.79 Å². The zero-order valence-electron chi connectivity index (χ0n) is 17.3. The molecular weight excluding hydrogens is 410 g/mol. The molecule has 0 radical (unpaired) electrons. The number of hydrogen-bond donors (Lipinski definition) is 1. The molecular formula is C24H23N3O3S. The Balaban J connectivity index is 1.78. The van der Waals surface area contributed by atoms with E-state index in [2.05, 4.69) is 5.32 Å². The molecule has 31 heavy (non-hydrogen) atoms. The maximum Gasteiger partial charge on any atom is 0.243 e. The van der Waals surface area contributed by atoms with Crippen LogP contribution in [0, 0.1) is 18.3 Å². The maximum atomic E-state index is 12.8. The number of aryl methyl sites for hydroxylation is 1. The first-order valence-corrected chi connectivity index (χ1v) is 11.1. The third-order valence-electron chi connectivity index (χ3n) is 4.91. The smallest absolute Gasteiger partial charge is 0.243 e. The molecule has 0 saturated heterocycles. The molecule has 0 saturated carbocycles. The molecule has 0 heterocycles. The molecule has 0 aliphatic carbocycles. The highest BCUT2D eigenvalue weighted by Gasteiger charge is 2.25. The Labute approximate surface area is 182 Å². The van der Waals surface area contributed by atoms with Crippen LogP contribution >= 0.6 is 0 Å². The van der Waals surface area contributed by atoms with Gasteiger partial charge in [-0.1, -0.05) is 60.2 Å². The predicted octanol–water partition coefficient (Wildman–Crippen LogP) is 3.39. The third-order valence-corrected chi connectivity index (χ3v) is 6.72. The van der Waals surface area contributed by atoms with Crippen LogP contribution in [0.5, 0.6) is 0 Å². The van der Waals surface area contributed by atoms with E-state index in [1.165, 1.54) is 31.3 Å². The average molecular weight is 434 g/mol. The highest BCUT2D eigenvalue weighted by atomic mass is 32.2. The van der Waals surface area contributed by atoms with Crippen LogP contribution in [0.2, 0.25) is 0 Å². The maximum absolute atomic E-state index is 12.8. The van der Waals surface area contributed by atoms with Gasteiger partial charge >= 0.3 is 0 Å². The van der Waals surface area contributed by atoms with Gasteiger partial charge in [-0.25, -0.2) is 8.42 Å². The fourth-order valence-corrected chi connectivity index (χ4v) is 4.27. The van der Waals surface area contributed by atoms with Gasteiger partial charge in [-0.15, -0.1) is 0 Å². The second kappa shape index (κ2) is 9.56. The van der Waals surface area contributed by atoms with Gasteiger partial charge in [0.25, 0.3) is 0 Å². The molecule has 1 amide bonds. The summed E-state index contributed by atoms with van der Waals surface area (Å²) in [6.45, 7) is 1.65. The zero-order chi connectivity index (χ0) is 22.4. The van der Waals surface area contributed by atoms with Crippen LogP contribution in [-0.2, 0) is 14.8 Å². The van der Waals surface area contributed by atoms with Gasteiger partial charge in [0.1, 0.15) is 0 Å². The molecule has 0 aromatic heterocycles. The van der Waals surface area contributed by atoms with Crippen LogP contribution in [0.15, 0.2) is 83.8 Å². The molecule has 0 aliphatic heterocycles. The summed E-state index contributed by atoms with van der Waals surface area (Å²) >= 11 is 0. The molecule has 3 rings (SSSR count). The molecule has 0 unspecified atom stereocenters. The number of benzene rings is 3. The first-order chi connectivity index (χ1) is 14.8. The summed E-state index contributed by atoms with van der Waals surface area (Å²) in [6.07, 6.45) is 0. The van der Waals surface area contributed by atoms with Gasteiger partial charge in [0.2, 0.25) is 15.9 Å². The minimum atomic E-state index is -3.87. The van der Waals surface area contributed by atoms with Crippen molar-refractivity contribution in [2.24, 2.45) is 0 Å². The van der Waals surface area contributed by atoms with Crippen LogP contribution < -0.4 is 5.32 Å². The molecule has 7 heteroatoms. The Hall–Kier alpha value is -3.47. The van der Waals surface area contributed by atoms with Crippen molar-refractivity contribution >= 4 is 15.9 Å². The van der Waals surface area contributed by atoms with Crippen molar-refractivity contribution in [2.45, 2.75) is 17.9 Å². The van der Waals surface area contributed by atoms with E-state index < -0.39 is 22.0 Å². The highest BCUT2D eigenvalue weighted by molar-refractivity contribution is 7.89. The van der Waals surface area contributed by atoms with E-state index in [4.69, 9.17) is 5.26 Å². The lowest BCUT2D eigenvalue weighted by molar-refractivity contribution is -0.121. The number of carbonyl (C=O) groups is 1. The minimum absolute atomic E-state index is 0.0277. The summed E-state index contributed by atoms with van der Waals surface area (Å²) in [7, 11) is -2.51. The number of likely N-dealkylation sites (N-methyl/N-ethyl adjacent to an activating group) is 1. The summed E-state index contributed by atoms with van der Waals surface area (Å²) in [4.78, 5) is 12.8. The van der Waals surface area contributed by atoms with Crippen molar-refractivity contribution in [3.05, 3.63) is 101 Å². The summed E-state index contributed by atoms with van der Waals surface area (Å²) in [5, 5.41) is 11.8. The van der Waals surface area contributed by atoms with Gasteiger partial charge in [0.05, 0.1) is 29.1 Å². The molecule has 0 aliphatic rings. The van der Waals surface area contributed by atoms with Crippen LogP contribution in [-0.4, -0.2) is 32.2 Å². The summed E-state index contributed by atoms with van der Waals surface area (Å²) in [5.74, 6) is -0.422. The molecule has 158 valence electrons. The third kappa shape index (κ3) is 5.37. The minimum Gasteiger partial charge on any atom is -0.344 e. The van der Waals surface area contributed by atoms with Crippen LogP contribution in [0.25, 0.3) is 0 Å². The van der Waals surface area contributed by atoms with Crippen molar-refractivity contribution in [3.63, 3.8) is 0 Å². The fourth-order valence-electron chi connectivity index (χ4n) is 3.14. The van der Waals surface area contributed by atoms with Crippen LogP contribution in [0.1, 0.15) is 28.3 Å². The largest absolute Gasteiger partial charge is 0.344 e. The number of rotatable bonds is 7. The number of sulfonamides is 1. The van der Waals surface area contributed by atoms with E-state index in [9.17, 15) is 13.2 Å². The number of amides is 1. The molecule has 0 fully saturated rings. The molecule has 0 spiro atoms. The predicted molar refractivity (Wildman–Crippen MR) is 119 cm³/mol. The van der Waals surface area contributed by atoms with Crippen LogP contribution in [0.3, 0.4) is 0 Å². The molecule has 6 nitrogen and oxygen atoms in total. The van der Waals surface area contributed by atoms with Gasteiger partial charge < -0.3 is 5.32 Å². The van der Waals surface area contributed by atoms with Crippen molar-refractivity contribution in [2.75, 3.05) is 13.6 Å². The Kier molecular flexibility index (Phi) is 6.85. The summed E-state index contributed by atoms with van der Waals surface area (Å²) in [5.41, 5.74) is 3.28. The highest BCUT2D eigenvalue weighted by Crippen LogP contribution is 2.23. The average Bonchev–Trinajstić information content (AvgIpc) is 2.78. The Bertz CT molecular complexity index is 1180.